The Bertz CT molecular complexity index is 894. The average Bonchev–Trinajstić information content (AvgIpc) is 3.04. The lowest BCUT2D eigenvalue weighted by atomic mass is 10.2. The highest BCUT2D eigenvalue weighted by atomic mass is 32.2. The van der Waals surface area contributed by atoms with E-state index in [0.29, 0.717) is 16.5 Å². The lowest BCUT2D eigenvalue weighted by Crippen LogP contribution is -2.25. The zero-order chi connectivity index (χ0) is 17.8. The number of aromatic nitrogens is 2. The van der Waals surface area contributed by atoms with Crippen LogP contribution in [0.3, 0.4) is 0 Å². The Labute approximate surface area is 148 Å². The number of rotatable bonds is 5. The van der Waals surface area contributed by atoms with Gasteiger partial charge in [-0.25, -0.2) is 9.37 Å². The standard InChI is InChI=1S/C18H16FN3O2S/c1-25-18-21-11-16(22(18)14-7-5-13(19)6-8-14)17(24)20-10-12-3-2-4-15(23)9-12/h2-9,11,23H,10H2,1H3,(H,20,24). The number of aromatic hydroxyl groups is 1. The molecule has 0 atom stereocenters. The number of nitrogens with zero attached hydrogens (tertiary/aromatic N) is 2. The molecule has 0 aliphatic heterocycles. The van der Waals surface area contributed by atoms with E-state index in [2.05, 4.69) is 10.3 Å². The van der Waals surface area contributed by atoms with Crippen LogP contribution in [0.2, 0.25) is 0 Å². The van der Waals surface area contributed by atoms with E-state index in [9.17, 15) is 14.3 Å². The molecule has 1 heterocycles. The fourth-order valence-corrected chi connectivity index (χ4v) is 2.96. The SMILES string of the molecule is CSc1ncc(C(=O)NCc2cccc(O)c2)n1-c1ccc(F)cc1. The number of hydrogen-bond acceptors (Lipinski definition) is 4. The molecule has 1 amide bonds. The summed E-state index contributed by atoms with van der Waals surface area (Å²) in [5.74, 6) is -0.502. The first-order valence-electron chi connectivity index (χ1n) is 7.52. The molecule has 0 unspecified atom stereocenters. The van der Waals surface area contributed by atoms with E-state index in [1.807, 2.05) is 12.3 Å². The minimum Gasteiger partial charge on any atom is -0.508 e. The van der Waals surface area contributed by atoms with Crippen molar-refractivity contribution in [3.05, 3.63) is 71.8 Å². The van der Waals surface area contributed by atoms with Gasteiger partial charge in [0.1, 0.15) is 17.3 Å². The molecule has 25 heavy (non-hydrogen) atoms. The van der Waals surface area contributed by atoms with Crippen molar-refractivity contribution in [2.75, 3.05) is 6.26 Å². The van der Waals surface area contributed by atoms with Crippen LogP contribution in [-0.4, -0.2) is 26.8 Å². The summed E-state index contributed by atoms with van der Waals surface area (Å²) in [6.07, 6.45) is 3.35. The number of thioether (sulfide) groups is 1. The van der Waals surface area contributed by atoms with Crippen LogP contribution >= 0.6 is 11.8 Å². The van der Waals surface area contributed by atoms with Crippen LogP contribution < -0.4 is 5.32 Å². The quantitative estimate of drug-likeness (QED) is 0.687. The molecule has 2 aromatic carbocycles. The van der Waals surface area contributed by atoms with Gasteiger partial charge in [-0.1, -0.05) is 23.9 Å². The van der Waals surface area contributed by atoms with Gasteiger partial charge in [0.15, 0.2) is 5.16 Å². The predicted molar refractivity (Wildman–Crippen MR) is 94.6 cm³/mol. The highest BCUT2D eigenvalue weighted by Crippen LogP contribution is 2.22. The number of benzene rings is 2. The molecule has 1 aromatic heterocycles. The summed E-state index contributed by atoms with van der Waals surface area (Å²) < 4.78 is 14.9. The number of halogens is 1. The van der Waals surface area contributed by atoms with Crippen LogP contribution in [0.15, 0.2) is 59.9 Å². The topological polar surface area (TPSA) is 67.2 Å². The molecule has 0 spiro atoms. The van der Waals surface area contributed by atoms with Gasteiger partial charge in [0.25, 0.3) is 5.91 Å². The molecule has 0 fully saturated rings. The number of nitrogens with one attached hydrogen (secondary N) is 1. The fourth-order valence-electron chi connectivity index (χ4n) is 2.42. The fraction of sp³-hybridized carbons (Fsp3) is 0.111. The summed E-state index contributed by atoms with van der Waals surface area (Å²) >= 11 is 1.39. The highest BCUT2D eigenvalue weighted by molar-refractivity contribution is 7.98. The van der Waals surface area contributed by atoms with Gasteiger partial charge < -0.3 is 10.4 Å². The predicted octanol–water partition coefficient (Wildman–Crippen LogP) is 3.37. The summed E-state index contributed by atoms with van der Waals surface area (Å²) in [6, 6.07) is 12.6. The van der Waals surface area contributed by atoms with Crippen molar-refractivity contribution in [1.29, 1.82) is 0 Å². The van der Waals surface area contributed by atoms with Gasteiger partial charge in [-0.3, -0.25) is 9.36 Å². The van der Waals surface area contributed by atoms with Crippen molar-refractivity contribution < 1.29 is 14.3 Å². The molecule has 128 valence electrons. The van der Waals surface area contributed by atoms with E-state index in [-0.39, 0.29) is 24.0 Å². The van der Waals surface area contributed by atoms with Crippen molar-refractivity contribution in [2.24, 2.45) is 0 Å². The Morgan fingerprint density at radius 2 is 2.04 bits per heavy atom. The third-order valence-corrected chi connectivity index (χ3v) is 4.25. The van der Waals surface area contributed by atoms with Crippen LogP contribution in [0.1, 0.15) is 16.1 Å². The smallest absolute Gasteiger partial charge is 0.270 e. The first-order chi connectivity index (χ1) is 12.1. The molecule has 2 N–H and O–H groups in total. The Kier molecular flexibility index (Phi) is 5.04. The molecule has 0 aliphatic rings. The van der Waals surface area contributed by atoms with Gasteiger partial charge in [0.2, 0.25) is 0 Å². The normalized spacial score (nSPS) is 10.6. The van der Waals surface area contributed by atoms with E-state index < -0.39 is 0 Å². The molecule has 3 rings (SSSR count). The summed E-state index contributed by atoms with van der Waals surface area (Å²) in [5.41, 5.74) is 1.80. The Morgan fingerprint density at radius 1 is 1.28 bits per heavy atom. The Hall–Kier alpha value is -2.80. The van der Waals surface area contributed by atoms with Crippen LogP contribution in [0, 0.1) is 5.82 Å². The minimum absolute atomic E-state index is 0.146. The molecular weight excluding hydrogens is 341 g/mol. The van der Waals surface area contributed by atoms with E-state index in [1.54, 1.807) is 34.9 Å². The second kappa shape index (κ2) is 7.40. The molecule has 0 saturated carbocycles. The van der Waals surface area contributed by atoms with Gasteiger partial charge in [-0.05, 0) is 48.2 Å². The van der Waals surface area contributed by atoms with Gasteiger partial charge in [0.05, 0.1) is 6.20 Å². The maximum absolute atomic E-state index is 13.2. The Morgan fingerprint density at radius 3 is 2.72 bits per heavy atom. The third kappa shape index (κ3) is 3.83. The molecule has 0 radical (unpaired) electrons. The van der Waals surface area contributed by atoms with Crippen molar-refractivity contribution in [1.82, 2.24) is 14.9 Å². The maximum atomic E-state index is 13.2. The molecule has 0 saturated heterocycles. The highest BCUT2D eigenvalue weighted by Gasteiger charge is 2.17. The van der Waals surface area contributed by atoms with Crippen LogP contribution in [0.5, 0.6) is 5.75 Å². The van der Waals surface area contributed by atoms with E-state index in [4.69, 9.17) is 0 Å². The van der Waals surface area contributed by atoms with Gasteiger partial charge >= 0.3 is 0 Å². The molecule has 3 aromatic rings. The summed E-state index contributed by atoms with van der Waals surface area (Å²) in [6.45, 7) is 0.274. The van der Waals surface area contributed by atoms with Crippen molar-refractivity contribution in [3.63, 3.8) is 0 Å². The average molecular weight is 357 g/mol. The van der Waals surface area contributed by atoms with Gasteiger partial charge in [0, 0.05) is 12.2 Å². The number of amides is 1. The molecule has 5 nitrogen and oxygen atoms in total. The summed E-state index contributed by atoms with van der Waals surface area (Å²) in [5, 5.41) is 12.9. The second-order valence-corrected chi connectivity index (χ2v) is 6.07. The van der Waals surface area contributed by atoms with Crippen LogP contribution in [0.25, 0.3) is 5.69 Å². The number of hydrogen-bond donors (Lipinski definition) is 2. The molecule has 0 bridgehead atoms. The van der Waals surface area contributed by atoms with Crippen molar-refractivity contribution >= 4 is 17.7 Å². The zero-order valence-electron chi connectivity index (χ0n) is 13.4. The van der Waals surface area contributed by atoms with Crippen LogP contribution in [-0.2, 0) is 6.54 Å². The largest absolute Gasteiger partial charge is 0.508 e. The zero-order valence-corrected chi connectivity index (χ0v) is 14.3. The van der Waals surface area contributed by atoms with Crippen molar-refractivity contribution in [2.45, 2.75) is 11.7 Å². The van der Waals surface area contributed by atoms with E-state index >= 15 is 0 Å². The summed E-state index contributed by atoms with van der Waals surface area (Å²) in [4.78, 5) is 16.8. The molecular formula is C18H16FN3O2S. The second-order valence-electron chi connectivity index (χ2n) is 5.29. The van der Waals surface area contributed by atoms with E-state index in [0.717, 1.165) is 5.56 Å². The number of carbonyl (C=O) groups is 1. The third-order valence-electron chi connectivity index (χ3n) is 3.59. The van der Waals surface area contributed by atoms with Gasteiger partial charge in [-0.15, -0.1) is 0 Å². The first-order valence-corrected chi connectivity index (χ1v) is 8.74. The number of carbonyl (C=O) groups excluding carboxylic acids is 1. The molecule has 7 heteroatoms. The number of imidazole rings is 1. The molecule has 0 aliphatic carbocycles. The van der Waals surface area contributed by atoms with Gasteiger partial charge in [-0.2, -0.15) is 0 Å². The Balaban J connectivity index is 1.85. The van der Waals surface area contributed by atoms with E-state index in [1.165, 1.54) is 30.1 Å². The lowest BCUT2D eigenvalue weighted by molar-refractivity contribution is 0.0943. The number of phenols is 1. The first kappa shape index (κ1) is 17.0. The van der Waals surface area contributed by atoms with Crippen LogP contribution in [0.4, 0.5) is 4.39 Å². The maximum Gasteiger partial charge on any atom is 0.270 e. The van der Waals surface area contributed by atoms with Crippen molar-refractivity contribution in [3.8, 4) is 11.4 Å². The number of phenolic OH excluding ortho intramolecular Hbond substituents is 1. The lowest BCUT2D eigenvalue weighted by Gasteiger charge is -2.11. The minimum atomic E-state index is -0.343. The monoisotopic (exact) mass is 357 g/mol. The summed E-state index contributed by atoms with van der Waals surface area (Å²) in [7, 11) is 0.